The first-order valence-corrected chi connectivity index (χ1v) is 7.54. The van der Waals surface area contributed by atoms with Crippen LogP contribution in [0.1, 0.15) is 35.1 Å². The van der Waals surface area contributed by atoms with Gasteiger partial charge in [0.1, 0.15) is 5.69 Å². The molecule has 0 saturated carbocycles. The lowest BCUT2D eigenvalue weighted by Gasteiger charge is -2.06. The molecule has 1 aromatic carbocycles. The van der Waals surface area contributed by atoms with Gasteiger partial charge in [-0.2, -0.15) is 9.67 Å². The predicted molar refractivity (Wildman–Crippen MR) is 86.6 cm³/mol. The summed E-state index contributed by atoms with van der Waals surface area (Å²) >= 11 is 0. The van der Waals surface area contributed by atoms with Crippen molar-refractivity contribution in [1.29, 1.82) is 0 Å². The van der Waals surface area contributed by atoms with E-state index < -0.39 is 44.8 Å². The maximum Gasteiger partial charge on any atom is 0.378 e. The van der Waals surface area contributed by atoms with Gasteiger partial charge < -0.3 is 9.47 Å². The predicted octanol–water partition coefficient (Wildman–Crippen LogP) is 1.44. The lowest BCUT2D eigenvalue weighted by Crippen LogP contribution is -2.14. The highest BCUT2D eigenvalue weighted by atomic mass is 16.6. The summed E-state index contributed by atoms with van der Waals surface area (Å²) in [6, 6.07) is 2.71. The first-order valence-electron chi connectivity index (χ1n) is 7.54. The fourth-order valence-corrected chi connectivity index (χ4v) is 2.04. The molecule has 1 aromatic heterocycles. The third kappa shape index (κ3) is 4.02. The molecule has 13 heteroatoms. The van der Waals surface area contributed by atoms with Crippen molar-refractivity contribution >= 4 is 23.3 Å². The zero-order valence-corrected chi connectivity index (χ0v) is 14.1. The van der Waals surface area contributed by atoms with E-state index in [0.29, 0.717) is 10.7 Å². The molecule has 0 atom stereocenters. The summed E-state index contributed by atoms with van der Waals surface area (Å²) < 4.78 is 10.3. The van der Waals surface area contributed by atoms with Crippen molar-refractivity contribution in [2.24, 2.45) is 0 Å². The number of hydrogen-bond donors (Lipinski definition) is 0. The van der Waals surface area contributed by atoms with Gasteiger partial charge in [0, 0.05) is 6.07 Å². The van der Waals surface area contributed by atoms with Crippen LogP contribution in [0.3, 0.4) is 0 Å². The summed E-state index contributed by atoms with van der Waals surface area (Å²) in [6.07, 6.45) is 0. The molecule has 0 unspecified atom stereocenters. The minimum atomic E-state index is -0.992. The van der Waals surface area contributed by atoms with Crippen molar-refractivity contribution in [2.75, 3.05) is 13.2 Å². The van der Waals surface area contributed by atoms with Crippen LogP contribution in [0, 0.1) is 20.2 Å². The van der Waals surface area contributed by atoms with E-state index in [-0.39, 0.29) is 18.9 Å². The summed E-state index contributed by atoms with van der Waals surface area (Å²) in [5, 5.41) is 26.0. The van der Waals surface area contributed by atoms with Crippen LogP contribution in [-0.4, -0.2) is 49.8 Å². The quantitative estimate of drug-likeness (QED) is 0.389. The number of hydrogen-bond acceptors (Lipinski definition) is 10. The monoisotopic (exact) mass is 379 g/mol. The molecule has 27 heavy (non-hydrogen) atoms. The standard InChI is InChI=1S/C14H13N5O8/c1-3-26-13(20)11-15-12(14(21)27-4-2)17(16-11)9-6-5-8(18(22)23)7-10(9)19(24)25/h5-7H,3-4H2,1-2H3. The van der Waals surface area contributed by atoms with Gasteiger partial charge in [-0.1, -0.05) is 0 Å². The highest BCUT2D eigenvalue weighted by molar-refractivity contribution is 5.90. The minimum absolute atomic E-state index is 0.0137. The summed E-state index contributed by atoms with van der Waals surface area (Å²) in [4.78, 5) is 48.2. The number of ether oxygens (including phenoxy) is 2. The Bertz CT molecular complexity index is 922. The Morgan fingerprint density at radius 2 is 1.70 bits per heavy atom. The van der Waals surface area contributed by atoms with Gasteiger partial charge in [-0.3, -0.25) is 20.2 Å². The first-order chi connectivity index (χ1) is 12.8. The van der Waals surface area contributed by atoms with Gasteiger partial charge in [-0.05, 0) is 19.9 Å². The Hall–Kier alpha value is -3.90. The molecule has 0 aliphatic heterocycles. The number of aromatic nitrogens is 3. The van der Waals surface area contributed by atoms with Gasteiger partial charge in [0.05, 0.1) is 29.1 Å². The molecule has 142 valence electrons. The van der Waals surface area contributed by atoms with Crippen molar-refractivity contribution in [2.45, 2.75) is 13.8 Å². The second kappa shape index (κ2) is 7.99. The van der Waals surface area contributed by atoms with Crippen molar-refractivity contribution in [3.8, 4) is 5.69 Å². The lowest BCUT2D eigenvalue weighted by atomic mass is 10.2. The van der Waals surface area contributed by atoms with E-state index in [1.165, 1.54) is 6.92 Å². The van der Waals surface area contributed by atoms with E-state index in [1.54, 1.807) is 6.92 Å². The van der Waals surface area contributed by atoms with E-state index in [0.717, 1.165) is 12.1 Å². The molecule has 0 radical (unpaired) electrons. The van der Waals surface area contributed by atoms with Gasteiger partial charge in [0.25, 0.3) is 11.5 Å². The first kappa shape index (κ1) is 19.4. The van der Waals surface area contributed by atoms with Crippen LogP contribution in [0.5, 0.6) is 0 Å². The van der Waals surface area contributed by atoms with Gasteiger partial charge >= 0.3 is 17.6 Å². The summed E-state index contributed by atoms with van der Waals surface area (Å²) in [6.45, 7) is 3.06. The fourth-order valence-electron chi connectivity index (χ4n) is 2.04. The number of carbonyl (C=O) groups excluding carboxylic acids is 2. The molecule has 0 spiro atoms. The summed E-state index contributed by atoms with van der Waals surface area (Å²) in [5.41, 5.74) is -1.55. The minimum Gasteiger partial charge on any atom is -0.460 e. The smallest absolute Gasteiger partial charge is 0.378 e. The Morgan fingerprint density at radius 3 is 2.26 bits per heavy atom. The maximum absolute atomic E-state index is 12.1. The van der Waals surface area contributed by atoms with Crippen LogP contribution >= 0.6 is 0 Å². The molecule has 2 rings (SSSR count). The summed E-state index contributed by atoms with van der Waals surface area (Å²) in [7, 11) is 0. The van der Waals surface area contributed by atoms with E-state index in [1.807, 2.05) is 0 Å². The molecular weight excluding hydrogens is 366 g/mol. The van der Waals surface area contributed by atoms with Crippen LogP contribution in [0.4, 0.5) is 11.4 Å². The number of carbonyl (C=O) groups is 2. The number of nitro groups is 2. The van der Waals surface area contributed by atoms with Crippen molar-refractivity contribution in [3.05, 3.63) is 50.1 Å². The van der Waals surface area contributed by atoms with Gasteiger partial charge in [0.2, 0.25) is 5.82 Å². The van der Waals surface area contributed by atoms with Crippen LogP contribution in [-0.2, 0) is 9.47 Å². The molecule has 0 N–H and O–H groups in total. The maximum atomic E-state index is 12.1. The largest absolute Gasteiger partial charge is 0.460 e. The molecular formula is C14H13N5O8. The third-order valence-corrected chi connectivity index (χ3v) is 3.12. The number of benzene rings is 1. The van der Waals surface area contributed by atoms with Gasteiger partial charge in [-0.15, -0.1) is 5.10 Å². The second-order valence-corrected chi connectivity index (χ2v) is 4.80. The highest BCUT2D eigenvalue weighted by Crippen LogP contribution is 2.28. The number of non-ortho nitro benzene ring substituents is 1. The third-order valence-electron chi connectivity index (χ3n) is 3.12. The number of rotatable bonds is 7. The van der Waals surface area contributed by atoms with Crippen molar-refractivity contribution in [1.82, 2.24) is 14.8 Å². The average Bonchev–Trinajstić information content (AvgIpc) is 3.07. The van der Waals surface area contributed by atoms with E-state index in [9.17, 15) is 29.8 Å². The van der Waals surface area contributed by atoms with Crippen LogP contribution in [0.2, 0.25) is 0 Å². The Balaban J connectivity index is 2.68. The molecule has 0 amide bonds. The van der Waals surface area contributed by atoms with E-state index in [2.05, 4.69) is 10.1 Å². The zero-order valence-electron chi connectivity index (χ0n) is 14.1. The molecule has 0 aliphatic carbocycles. The van der Waals surface area contributed by atoms with Crippen LogP contribution in [0.25, 0.3) is 5.69 Å². The molecule has 0 saturated heterocycles. The SMILES string of the molecule is CCOC(=O)c1nc(C(=O)OCC)n(-c2ccc([N+](=O)[O-])cc2[N+](=O)[O-])n1. The van der Waals surface area contributed by atoms with Crippen molar-refractivity contribution < 1.29 is 28.9 Å². The lowest BCUT2D eigenvalue weighted by molar-refractivity contribution is -0.394. The number of nitrogens with zero attached hydrogens (tertiary/aromatic N) is 5. The molecule has 13 nitrogen and oxygen atoms in total. The molecule has 0 bridgehead atoms. The Morgan fingerprint density at radius 1 is 1.07 bits per heavy atom. The molecule has 0 fully saturated rings. The molecule has 1 heterocycles. The molecule has 2 aromatic rings. The Kier molecular flexibility index (Phi) is 5.75. The average molecular weight is 379 g/mol. The zero-order chi connectivity index (χ0) is 20.1. The highest BCUT2D eigenvalue weighted by Gasteiger charge is 2.29. The normalized spacial score (nSPS) is 10.3. The van der Waals surface area contributed by atoms with Crippen LogP contribution < -0.4 is 0 Å². The number of esters is 2. The van der Waals surface area contributed by atoms with Gasteiger partial charge in [-0.25, -0.2) is 9.59 Å². The van der Waals surface area contributed by atoms with E-state index >= 15 is 0 Å². The van der Waals surface area contributed by atoms with Crippen molar-refractivity contribution in [3.63, 3.8) is 0 Å². The second-order valence-electron chi connectivity index (χ2n) is 4.80. The molecule has 0 aliphatic rings. The summed E-state index contributed by atoms with van der Waals surface area (Å²) in [5.74, 6) is -2.98. The topological polar surface area (TPSA) is 170 Å². The fraction of sp³-hybridized carbons (Fsp3) is 0.286. The van der Waals surface area contributed by atoms with Crippen LogP contribution in [0.15, 0.2) is 18.2 Å². The van der Waals surface area contributed by atoms with Gasteiger partial charge in [0.15, 0.2) is 0 Å². The Labute approximate surface area is 150 Å². The number of nitro benzene ring substituents is 2. The van der Waals surface area contributed by atoms with E-state index in [4.69, 9.17) is 9.47 Å².